The van der Waals surface area contributed by atoms with Crippen molar-refractivity contribution in [2.24, 2.45) is 7.05 Å². The van der Waals surface area contributed by atoms with Gasteiger partial charge in [-0.2, -0.15) is 10.1 Å². The molecule has 29 heavy (non-hydrogen) atoms. The van der Waals surface area contributed by atoms with Gasteiger partial charge in [0.2, 0.25) is 5.88 Å². The monoisotopic (exact) mass is 394 g/mol. The molecule has 7 heteroatoms. The molecule has 1 amide bonds. The number of carbonyl (C=O) groups excluding carboxylic acids is 1. The number of hydrogen-bond acceptors (Lipinski definition) is 5. The lowest BCUT2D eigenvalue weighted by Crippen LogP contribution is -2.31. The first-order valence-electron chi connectivity index (χ1n) is 9.86. The maximum atomic E-state index is 12.4. The van der Waals surface area contributed by atoms with Crippen molar-refractivity contribution >= 4 is 16.9 Å². The standard InChI is InChI=1S/C22H26N4O3/c1-13-11-18-20(16-5-6-16)25-26(3)21(18)24-22(13)29-12-19(27)23-14(2)15-7-9-17(28-4)10-8-15/h7-11,14,16H,5-6,12H2,1-4H3,(H,23,27). The number of nitrogens with zero attached hydrogens (tertiary/aromatic N) is 3. The molecule has 152 valence electrons. The SMILES string of the molecule is COc1ccc(C(C)NC(=O)COc2nc3c(cc2C)c(C2CC2)nn3C)cc1. The second-order valence-electron chi connectivity index (χ2n) is 7.62. The van der Waals surface area contributed by atoms with E-state index in [1.54, 1.807) is 11.8 Å². The van der Waals surface area contributed by atoms with Crippen molar-refractivity contribution in [1.29, 1.82) is 0 Å². The Balaban J connectivity index is 1.41. The number of aromatic nitrogens is 3. The molecule has 1 saturated carbocycles. The van der Waals surface area contributed by atoms with Gasteiger partial charge >= 0.3 is 0 Å². The van der Waals surface area contributed by atoms with Crippen LogP contribution in [0.5, 0.6) is 11.6 Å². The average molecular weight is 394 g/mol. The van der Waals surface area contributed by atoms with Gasteiger partial charge in [-0.05, 0) is 50.5 Å². The van der Waals surface area contributed by atoms with Crippen molar-refractivity contribution < 1.29 is 14.3 Å². The lowest BCUT2D eigenvalue weighted by molar-refractivity contribution is -0.123. The number of benzene rings is 1. The summed E-state index contributed by atoms with van der Waals surface area (Å²) < 4.78 is 12.7. The minimum atomic E-state index is -0.196. The summed E-state index contributed by atoms with van der Waals surface area (Å²) in [5, 5.41) is 8.65. The third-order valence-electron chi connectivity index (χ3n) is 5.28. The molecule has 2 heterocycles. The molecule has 0 spiro atoms. The molecule has 7 nitrogen and oxygen atoms in total. The largest absolute Gasteiger partial charge is 0.497 e. The van der Waals surface area contributed by atoms with Gasteiger partial charge in [0.25, 0.3) is 5.91 Å². The zero-order valence-corrected chi connectivity index (χ0v) is 17.2. The van der Waals surface area contributed by atoms with Crippen LogP contribution in [0.1, 0.15) is 48.5 Å². The predicted octanol–water partition coefficient (Wildman–Crippen LogP) is 3.42. The molecule has 1 unspecified atom stereocenters. The van der Waals surface area contributed by atoms with Crippen LogP contribution < -0.4 is 14.8 Å². The number of rotatable bonds is 7. The number of methoxy groups -OCH3 is 1. The first-order valence-corrected chi connectivity index (χ1v) is 9.86. The van der Waals surface area contributed by atoms with E-state index in [4.69, 9.17) is 9.47 Å². The Hall–Kier alpha value is -3.09. The van der Waals surface area contributed by atoms with Crippen LogP contribution in [-0.4, -0.2) is 34.4 Å². The molecule has 1 fully saturated rings. The van der Waals surface area contributed by atoms with E-state index in [1.807, 2.05) is 45.2 Å². The highest BCUT2D eigenvalue weighted by Crippen LogP contribution is 2.42. The Labute approximate surface area is 170 Å². The quantitative estimate of drug-likeness (QED) is 0.664. The maximum absolute atomic E-state index is 12.4. The summed E-state index contributed by atoms with van der Waals surface area (Å²) in [6.07, 6.45) is 2.38. The number of pyridine rings is 1. The minimum absolute atomic E-state index is 0.0901. The van der Waals surface area contributed by atoms with Crippen molar-refractivity contribution in [2.45, 2.75) is 38.6 Å². The lowest BCUT2D eigenvalue weighted by Gasteiger charge is -2.15. The number of hydrogen-bond donors (Lipinski definition) is 1. The van der Waals surface area contributed by atoms with Crippen LogP contribution >= 0.6 is 0 Å². The van der Waals surface area contributed by atoms with E-state index in [0.29, 0.717) is 11.8 Å². The first-order chi connectivity index (χ1) is 14.0. The highest BCUT2D eigenvalue weighted by molar-refractivity contribution is 5.81. The van der Waals surface area contributed by atoms with Crippen LogP contribution in [0.3, 0.4) is 0 Å². The van der Waals surface area contributed by atoms with Gasteiger partial charge in [0.05, 0.1) is 18.8 Å². The summed E-state index contributed by atoms with van der Waals surface area (Å²) >= 11 is 0. The topological polar surface area (TPSA) is 78.3 Å². The van der Waals surface area contributed by atoms with Crippen LogP contribution in [0.2, 0.25) is 0 Å². The number of amides is 1. The molecule has 0 aliphatic heterocycles. The van der Waals surface area contributed by atoms with Crippen LogP contribution in [0.25, 0.3) is 11.0 Å². The van der Waals surface area contributed by atoms with E-state index in [1.165, 1.54) is 12.8 Å². The van der Waals surface area contributed by atoms with E-state index >= 15 is 0 Å². The highest BCUT2D eigenvalue weighted by atomic mass is 16.5. The molecule has 3 aromatic rings. The van der Waals surface area contributed by atoms with E-state index in [9.17, 15) is 4.79 Å². The van der Waals surface area contributed by atoms with Gasteiger partial charge < -0.3 is 14.8 Å². The molecule has 1 atom stereocenters. The van der Waals surface area contributed by atoms with E-state index < -0.39 is 0 Å². The summed E-state index contributed by atoms with van der Waals surface area (Å²) in [6, 6.07) is 9.55. The van der Waals surface area contributed by atoms with Gasteiger partial charge in [-0.1, -0.05) is 12.1 Å². The smallest absolute Gasteiger partial charge is 0.258 e. The minimum Gasteiger partial charge on any atom is -0.497 e. The van der Waals surface area contributed by atoms with Gasteiger partial charge in [0, 0.05) is 23.9 Å². The molecule has 1 N–H and O–H groups in total. The number of carbonyl (C=O) groups is 1. The molecular formula is C22H26N4O3. The van der Waals surface area contributed by atoms with Gasteiger partial charge in [-0.25, -0.2) is 0 Å². The predicted molar refractivity (Wildman–Crippen MR) is 110 cm³/mol. The summed E-state index contributed by atoms with van der Waals surface area (Å²) in [5.74, 6) is 1.61. The summed E-state index contributed by atoms with van der Waals surface area (Å²) in [5.41, 5.74) is 3.82. The summed E-state index contributed by atoms with van der Waals surface area (Å²) in [6.45, 7) is 3.79. The van der Waals surface area contributed by atoms with Gasteiger partial charge in [0.15, 0.2) is 12.3 Å². The van der Waals surface area contributed by atoms with E-state index in [-0.39, 0.29) is 18.6 Å². The van der Waals surface area contributed by atoms with E-state index in [2.05, 4.69) is 21.5 Å². The Bertz CT molecular complexity index is 1040. The fourth-order valence-electron chi connectivity index (χ4n) is 3.48. The number of fused-ring (bicyclic) bond motifs is 1. The summed E-state index contributed by atoms with van der Waals surface area (Å²) in [4.78, 5) is 17.0. The highest BCUT2D eigenvalue weighted by Gasteiger charge is 2.29. The first kappa shape index (κ1) is 19.2. The second kappa shape index (κ2) is 7.73. The Morgan fingerprint density at radius 3 is 2.69 bits per heavy atom. The molecule has 1 aromatic carbocycles. The normalized spacial score (nSPS) is 14.6. The molecule has 0 bridgehead atoms. The van der Waals surface area contributed by atoms with Crippen molar-refractivity contribution in [3.63, 3.8) is 0 Å². The molecule has 2 aromatic heterocycles. The molecule has 1 aliphatic rings. The number of aryl methyl sites for hydroxylation is 2. The lowest BCUT2D eigenvalue weighted by atomic mass is 10.1. The third kappa shape index (κ3) is 4.04. The molecule has 1 aliphatic carbocycles. The maximum Gasteiger partial charge on any atom is 0.258 e. The van der Waals surface area contributed by atoms with Crippen LogP contribution in [0.15, 0.2) is 30.3 Å². The second-order valence-corrected chi connectivity index (χ2v) is 7.62. The van der Waals surface area contributed by atoms with Crippen molar-refractivity contribution in [1.82, 2.24) is 20.1 Å². The summed E-state index contributed by atoms with van der Waals surface area (Å²) in [7, 11) is 3.52. The molecule has 4 rings (SSSR count). The Morgan fingerprint density at radius 2 is 2.03 bits per heavy atom. The molecule has 0 radical (unpaired) electrons. The van der Waals surface area contributed by atoms with Gasteiger partial charge in [0.1, 0.15) is 5.75 Å². The van der Waals surface area contributed by atoms with Gasteiger partial charge in [-0.3, -0.25) is 9.48 Å². The average Bonchev–Trinajstić information content (AvgIpc) is 3.51. The van der Waals surface area contributed by atoms with E-state index in [0.717, 1.165) is 33.6 Å². The molecular weight excluding hydrogens is 368 g/mol. The zero-order valence-electron chi connectivity index (χ0n) is 17.2. The zero-order chi connectivity index (χ0) is 20.5. The van der Waals surface area contributed by atoms with Crippen LogP contribution in [-0.2, 0) is 11.8 Å². The Kier molecular flexibility index (Phi) is 5.13. The van der Waals surface area contributed by atoms with Crippen LogP contribution in [0, 0.1) is 6.92 Å². The van der Waals surface area contributed by atoms with Gasteiger partial charge in [-0.15, -0.1) is 0 Å². The van der Waals surface area contributed by atoms with Crippen molar-refractivity contribution in [2.75, 3.05) is 13.7 Å². The van der Waals surface area contributed by atoms with Crippen molar-refractivity contribution in [3.8, 4) is 11.6 Å². The Morgan fingerprint density at radius 1 is 1.31 bits per heavy atom. The van der Waals surface area contributed by atoms with Crippen LogP contribution in [0.4, 0.5) is 0 Å². The van der Waals surface area contributed by atoms with Crippen molar-refractivity contribution in [3.05, 3.63) is 47.2 Å². The fourth-order valence-corrected chi connectivity index (χ4v) is 3.48. The number of nitrogens with one attached hydrogen (secondary N) is 1. The number of ether oxygens (including phenoxy) is 2. The fraction of sp³-hybridized carbons (Fsp3) is 0.409. The molecule has 0 saturated heterocycles. The third-order valence-corrected chi connectivity index (χ3v) is 5.28.